The molecule has 0 aliphatic heterocycles. The molecule has 2 rings (SSSR count). The molecule has 2 amide bonds. The maximum atomic E-state index is 12.3. The summed E-state index contributed by atoms with van der Waals surface area (Å²) in [7, 11) is 1.49. The van der Waals surface area contributed by atoms with E-state index in [1.54, 1.807) is 36.4 Å². The summed E-state index contributed by atoms with van der Waals surface area (Å²) in [6, 6.07) is 13.3. The van der Waals surface area contributed by atoms with Gasteiger partial charge in [0, 0.05) is 18.2 Å². The number of methoxy groups -OCH3 is 1. The first-order chi connectivity index (χ1) is 11.0. The number of benzene rings is 2. The molecule has 116 valence electrons. The van der Waals surface area contributed by atoms with Crippen LogP contribution in [0.5, 0.6) is 5.75 Å². The second-order valence-electron chi connectivity index (χ2n) is 4.74. The number of amides is 2. The van der Waals surface area contributed by atoms with E-state index in [9.17, 15) is 9.59 Å². The van der Waals surface area contributed by atoms with Crippen molar-refractivity contribution in [2.75, 3.05) is 17.7 Å². The van der Waals surface area contributed by atoms with Crippen LogP contribution in [0.2, 0.25) is 0 Å². The Kier molecular flexibility index (Phi) is 4.95. The van der Waals surface area contributed by atoms with E-state index in [1.165, 1.54) is 20.1 Å². The Labute approximate surface area is 133 Å². The predicted octanol–water partition coefficient (Wildman–Crippen LogP) is 2.78. The molecule has 2 aromatic carbocycles. The van der Waals surface area contributed by atoms with Gasteiger partial charge in [0.15, 0.2) is 0 Å². The maximum Gasteiger partial charge on any atom is 0.255 e. The van der Waals surface area contributed by atoms with E-state index >= 15 is 0 Å². The zero-order chi connectivity index (χ0) is 16.8. The molecule has 0 atom stereocenters. The smallest absolute Gasteiger partial charge is 0.255 e. The molecule has 0 saturated heterocycles. The molecule has 6 heteroatoms. The quantitative estimate of drug-likeness (QED) is 0.908. The predicted molar refractivity (Wildman–Crippen MR) is 86.4 cm³/mol. The van der Waals surface area contributed by atoms with E-state index in [1.807, 2.05) is 6.07 Å². The normalized spacial score (nSPS) is 9.61. The third-order valence-electron chi connectivity index (χ3n) is 3.02. The fourth-order valence-corrected chi connectivity index (χ4v) is 2.01. The summed E-state index contributed by atoms with van der Waals surface area (Å²) in [5, 5.41) is 14.3. The van der Waals surface area contributed by atoms with Crippen molar-refractivity contribution in [3.8, 4) is 11.8 Å². The fourth-order valence-electron chi connectivity index (χ4n) is 2.01. The lowest BCUT2D eigenvalue weighted by molar-refractivity contribution is -0.114. The number of hydrogen-bond donors (Lipinski definition) is 2. The van der Waals surface area contributed by atoms with E-state index in [0.717, 1.165) is 0 Å². The van der Waals surface area contributed by atoms with E-state index < -0.39 is 0 Å². The monoisotopic (exact) mass is 309 g/mol. The molecule has 2 N–H and O–H groups in total. The molecule has 0 fully saturated rings. The van der Waals surface area contributed by atoms with Crippen LogP contribution in [-0.2, 0) is 4.79 Å². The molecule has 0 aromatic heterocycles. The van der Waals surface area contributed by atoms with Crippen molar-refractivity contribution in [1.82, 2.24) is 0 Å². The maximum absolute atomic E-state index is 12.3. The molecule has 0 aliphatic rings. The summed E-state index contributed by atoms with van der Waals surface area (Å²) in [5.41, 5.74) is 1.72. The number of nitrogens with one attached hydrogen (secondary N) is 2. The highest BCUT2D eigenvalue weighted by molar-refractivity contribution is 6.05. The number of rotatable bonds is 4. The average molecular weight is 309 g/mol. The van der Waals surface area contributed by atoms with Crippen molar-refractivity contribution in [2.45, 2.75) is 6.92 Å². The van der Waals surface area contributed by atoms with Gasteiger partial charge in [-0.05, 0) is 36.4 Å². The number of nitriles is 1. The van der Waals surface area contributed by atoms with E-state index in [4.69, 9.17) is 10.00 Å². The van der Waals surface area contributed by atoms with Crippen molar-refractivity contribution in [1.29, 1.82) is 5.26 Å². The first-order valence-electron chi connectivity index (χ1n) is 6.80. The van der Waals surface area contributed by atoms with Gasteiger partial charge in [0.1, 0.15) is 5.75 Å². The summed E-state index contributed by atoms with van der Waals surface area (Å²) in [6.07, 6.45) is 0. The first kappa shape index (κ1) is 16.0. The molecule has 0 unspecified atom stereocenters. The molecule has 0 heterocycles. The molecule has 0 saturated carbocycles. The van der Waals surface area contributed by atoms with Crippen molar-refractivity contribution in [3.05, 3.63) is 53.6 Å². The van der Waals surface area contributed by atoms with Gasteiger partial charge in [0.25, 0.3) is 5.91 Å². The van der Waals surface area contributed by atoms with Crippen LogP contribution in [0, 0.1) is 11.3 Å². The number of carbonyl (C=O) groups is 2. The summed E-state index contributed by atoms with van der Waals surface area (Å²) in [5.74, 6) is -0.126. The average Bonchev–Trinajstić information content (AvgIpc) is 2.54. The van der Waals surface area contributed by atoms with Gasteiger partial charge in [-0.3, -0.25) is 9.59 Å². The van der Waals surface area contributed by atoms with Crippen molar-refractivity contribution in [3.63, 3.8) is 0 Å². The second-order valence-corrected chi connectivity index (χ2v) is 4.74. The Hall–Kier alpha value is -3.33. The van der Waals surface area contributed by atoms with Crippen LogP contribution in [0.4, 0.5) is 11.4 Å². The highest BCUT2D eigenvalue weighted by atomic mass is 16.5. The van der Waals surface area contributed by atoms with Crippen molar-refractivity contribution >= 4 is 23.2 Å². The molecule has 23 heavy (non-hydrogen) atoms. The number of ether oxygens (including phenoxy) is 1. The van der Waals surface area contributed by atoms with Crippen molar-refractivity contribution in [2.24, 2.45) is 0 Å². The lowest BCUT2D eigenvalue weighted by Gasteiger charge is -2.12. The van der Waals surface area contributed by atoms with Crippen molar-refractivity contribution < 1.29 is 14.3 Å². The molecule has 6 nitrogen and oxygen atoms in total. The SMILES string of the molecule is COc1ccc(NC(C)=O)cc1NC(=O)c1cccc(C#N)c1. The minimum absolute atomic E-state index is 0.214. The second kappa shape index (κ2) is 7.09. The molecule has 0 radical (unpaired) electrons. The van der Waals surface area contributed by atoms with Gasteiger partial charge >= 0.3 is 0 Å². The van der Waals surface area contributed by atoms with Gasteiger partial charge in [0.2, 0.25) is 5.91 Å². The number of anilines is 2. The Bertz CT molecular complexity index is 794. The molecular formula is C17H15N3O3. The summed E-state index contributed by atoms with van der Waals surface area (Å²) in [6.45, 7) is 1.40. The highest BCUT2D eigenvalue weighted by Crippen LogP contribution is 2.28. The van der Waals surface area contributed by atoms with Crippen LogP contribution in [0.3, 0.4) is 0 Å². The van der Waals surface area contributed by atoms with Gasteiger partial charge in [0.05, 0.1) is 24.4 Å². The van der Waals surface area contributed by atoms with E-state index in [-0.39, 0.29) is 11.8 Å². The Morgan fingerprint density at radius 2 is 1.91 bits per heavy atom. The van der Waals surface area contributed by atoms with Gasteiger partial charge in [-0.1, -0.05) is 6.07 Å². The molecular weight excluding hydrogens is 294 g/mol. The van der Waals surface area contributed by atoms with Gasteiger partial charge in [-0.2, -0.15) is 5.26 Å². The lowest BCUT2D eigenvalue weighted by Crippen LogP contribution is -2.13. The Morgan fingerprint density at radius 1 is 1.13 bits per heavy atom. The van der Waals surface area contributed by atoms with Gasteiger partial charge in [-0.25, -0.2) is 0 Å². The van der Waals surface area contributed by atoms with Crippen LogP contribution >= 0.6 is 0 Å². The standard InChI is InChI=1S/C17H15N3O3/c1-11(21)19-14-6-7-16(23-2)15(9-14)20-17(22)13-5-3-4-12(8-13)10-18/h3-9H,1-2H3,(H,19,21)(H,20,22). The zero-order valence-corrected chi connectivity index (χ0v) is 12.7. The Balaban J connectivity index is 2.28. The van der Waals surface area contributed by atoms with Crippen LogP contribution < -0.4 is 15.4 Å². The third-order valence-corrected chi connectivity index (χ3v) is 3.02. The minimum atomic E-state index is -0.375. The van der Waals surface area contributed by atoms with E-state index in [0.29, 0.717) is 28.3 Å². The molecule has 0 aliphatic carbocycles. The topological polar surface area (TPSA) is 91.2 Å². The van der Waals surface area contributed by atoms with Crippen LogP contribution in [0.25, 0.3) is 0 Å². The van der Waals surface area contributed by atoms with Crippen LogP contribution in [-0.4, -0.2) is 18.9 Å². The van der Waals surface area contributed by atoms with Crippen LogP contribution in [0.15, 0.2) is 42.5 Å². The van der Waals surface area contributed by atoms with E-state index in [2.05, 4.69) is 10.6 Å². The Morgan fingerprint density at radius 3 is 2.57 bits per heavy atom. The first-order valence-corrected chi connectivity index (χ1v) is 6.80. The minimum Gasteiger partial charge on any atom is -0.495 e. The summed E-state index contributed by atoms with van der Waals surface area (Å²) >= 11 is 0. The highest BCUT2D eigenvalue weighted by Gasteiger charge is 2.11. The number of hydrogen-bond acceptors (Lipinski definition) is 4. The number of carbonyl (C=O) groups excluding carboxylic acids is 2. The molecule has 0 spiro atoms. The lowest BCUT2D eigenvalue weighted by atomic mass is 10.1. The summed E-state index contributed by atoms with van der Waals surface area (Å²) in [4.78, 5) is 23.5. The molecule has 0 bridgehead atoms. The summed E-state index contributed by atoms with van der Waals surface area (Å²) < 4.78 is 5.21. The van der Waals surface area contributed by atoms with Crippen LogP contribution in [0.1, 0.15) is 22.8 Å². The van der Waals surface area contributed by atoms with Gasteiger partial charge in [-0.15, -0.1) is 0 Å². The fraction of sp³-hybridized carbons (Fsp3) is 0.118. The largest absolute Gasteiger partial charge is 0.495 e. The van der Waals surface area contributed by atoms with Gasteiger partial charge < -0.3 is 15.4 Å². The zero-order valence-electron chi connectivity index (χ0n) is 12.7. The third kappa shape index (κ3) is 4.08. The molecule has 2 aromatic rings. The number of nitrogens with zero attached hydrogens (tertiary/aromatic N) is 1.